The minimum atomic E-state index is -2.72. The van der Waals surface area contributed by atoms with Crippen LogP contribution in [0.25, 0.3) is 16.9 Å². The molecule has 0 spiro atoms. The molecule has 0 saturated heterocycles. The van der Waals surface area contributed by atoms with Crippen molar-refractivity contribution in [3.63, 3.8) is 0 Å². The predicted octanol–water partition coefficient (Wildman–Crippen LogP) is 2.37. The quantitative estimate of drug-likeness (QED) is 0.238. The lowest BCUT2D eigenvalue weighted by atomic mass is 9.57. The highest BCUT2D eigenvalue weighted by Crippen LogP contribution is 2.54. The summed E-state index contributed by atoms with van der Waals surface area (Å²) in [7, 11) is 3.10. The van der Waals surface area contributed by atoms with Crippen molar-refractivity contribution in [1.82, 2.24) is 4.90 Å². The fourth-order valence-electron chi connectivity index (χ4n) is 6.77. The zero-order valence-corrected chi connectivity index (χ0v) is 23.8. The molecular weight excluding hydrogens is 564 g/mol. The third-order valence-electron chi connectivity index (χ3n) is 8.71. The highest BCUT2D eigenvalue weighted by atomic mass is 35.5. The highest BCUT2D eigenvalue weighted by molar-refractivity contribution is 6.27. The first-order valence-electron chi connectivity index (χ1n) is 13.5. The number of aryl methyl sites for hydroxylation is 1. The standard InChI is InChI=1S/C31H31ClN2O8/c1-34(2)24-20-12-16-11-19-18(14-6-4-3-5-7-14)10-15(8-9-17(35)13-32)25(36)22(19)26(37)21(16)28(39)31(20,42)29(40)23(27(24)38)30(33)41/h3-7,10,16,20,24,36-37,40,42H,8-9,11-13H2,1-2H3,(H2,33,41)/t16-,20-,24+,31-/m0/s1. The van der Waals surface area contributed by atoms with Crippen LogP contribution in [-0.4, -0.2) is 80.2 Å². The summed E-state index contributed by atoms with van der Waals surface area (Å²) in [5.41, 5.74) is 3.92. The maximum atomic E-state index is 14.1. The van der Waals surface area contributed by atoms with Gasteiger partial charge in [-0.1, -0.05) is 30.3 Å². The van der Waals surface area contributed by atoms with E-state index in [9.17, 15) is 39.6 Å². The molecule has 3 aliphatic carbocycles. The molecule has 2 aromatic rings. The van der Waals surface area contributed by atoms with Gasteiger partial charge in [-0.15, -0.1) is 11.6 Å². The van der Waals surface area contributed by atoms with Gasteiger partial charge >= 0.3 is 0 Å². The number of Topliss-reactive ketones (excluding diaryl/α,β-unsaturated/α-hetero) is 3. The monoisotopic (exact) mass is 594 g/mol. The second kappa shape index (κ2) is 10.7. The zero-order chi connectivity index (χ0) is 30.7. The van der Waals surface area contributed by atoms with Crippen molar-refractivity contribution in [1.29, 1.82) is 0 Å². The Morgan fingerprint density at radius 2 is 1.79 bits per heavy atom. The van der Waals surface area contributed by atoms with E-state index in [0.29, 0.717) is 16.7 Å². The Labute approximate surface area is 246 Å². The fraction of sp³-hybridized carbons (Fsp3) is 0.355. The number of aromatic hydroxyl groups is 1. The predicted molar refractivity (Wildman–Crippen MR) is 154 cm³/mol. The van der Waals surface area contributed by atoms with E-state index in [1.807, 2.05) is 30.3 Å². The second-order valence-corrected chi connectivity index (χ2v) is 11.6. The molecule has 0 unspecified atom stereocenters. The molecule has 10 nitrogen and oxygen atoms in total. The number of phenolic OH excluding ortho intramolecular Hbond substituents is 1. The molecule has 1 amide bonds. The van der Waals surface area contributed by atoms with Crippen molar-refractivity contribution in [2.24, 2.45) is 17.6 Å². The third kappa shape index (κ3) is 4.33. The number of likely N-dealkylation sites (N-methyl/N-ethyl adjacent to an activating group) is 1. The van der Waals surface area contributed by atoms with E-state index < -0.39 is 58.0 Å². The number of hydrogen-bond acceptors (Lipinski definition) is 9. The average Bonchev–Trinajstić information content (AvgIpc) is 2.94. The number of amides is 1. The van der Waals surface area contributed by atoms with Crippen LogP contribution >= 0.6 is 11.6 Å². The van der Waals surface area contributed by atoms with Crippen LogP contribution in [0.2, 0.25) is 0 Å². The summed E-state index contributed by atoms with van der Waals surface area (Å²) in [4.78, 5) is 53.0. The van der Waals surface area contributed by atoms with E-state index in [1.165, 1.54) is 4.90 Å². The van der Waals surface area contributed by atoms with E-state index in [4.69, 9.17) is 17.3 Å². The van der Waals surface area contributed by atoms with Crippen LogP contribution in [0.4, 0.5) is 0 Å². The van der Waals surface area contributed by atoms with E-state index in [-0.39, 0.29) is 54.2 Å². The molecule has 0 heterocycles. The van der Waals surface area contributed by atoms with Gasteiger partial charge in [0.25, 0.3) is 5.91 Å². The molecule has 0 radical (unpaired) electrons. The Hall–Kier alpha value is -3.99. The molecule has 220 valence electrons. The second-order valence-electron chi connectivity index (χ2n) is 11.3. The number of carbonyl (C=O) groups is 4. The Morgan fingerprint density at radius 3 is 2.38 bits per heavy atom. The SMILES string of the molecule is CN(C)[C@H]1C(=O)C(C(N)=O)=C(O)[C@@]2(O)C(=O)C3=C(O)c4c(O)c(CCC(=O)CCl)cc(-c5ccccc5)c4C[C@H]3C[C@@H]12. The van der Waals surface area contributed by atoms with Gasteiger partial charge in [0.15, 0.2) is 11.4 Å². The number of aliphatic hydroxyl groups excluding tert-OH is 2. The van der Waals surface area contributed by atoms with Gasteiger partial charge in [0, 0.05) is 17.9 Å². The number of nitrogens with zero attached hydrogens (tertiary/aromatic N) is 1. The van der Waals surface area contributed by atoms with Crippen molar-refractivity contribution in [2.75, 3.05) is 20.0 Å². The van der Waals surface area contributed by atoms with Gasteiger partial charge in [0.05, 0.1) is 17.5 Å². The molecule has 11 heteroatoms. The number of hydrogen-bond donors (Lipinski definition) is 5. The Morgan fingerprint density at radius 1 is 1.12 bits per heavy atom. The van der Waals surface area contributed by atoms with Gasteiger partial charge in [0.2, 0.25) is 5.78 Å². The number of carbonyl (C=O) groups excluding carboxylic acids is 4. The first-order chi connectivity index (χ1) is 19.8. The molecule has 2 aromatic carbocycles. The molecule has 42 heavy (non-hydrogen) atoms. The molecule has 1 saturated carbocycles. The maximum Gasteiger partial charge on any atom is 0.255 e. The van der Waals surface area contributed by atoms with Crippen molar-refractivity contribution in [3.8, 4) is 16.9 Å². The number of alkyl halides is 1. The molecule has 6 N–H and O–H groups in total. The van der Waals surface area contributed by atoms with E-state index in [0.717, 1.165) is 5.56 Å². The van der Waals surface area contributed by atoms with Crippen LogP contribution in [0, 0.1) is 11.8 Å². The molecule has 5 rings (SSSR count). The van der Waals surface area contributed by atoms with Crippen LogP contribution < -0.4 is 5.73 Å². The van der Waals surface area contributed by atoms with Crippen molar-refractivity contribution in [2.45, 2.75) is 37.3 Å². The molecule has 1 fully saturated rings. The molecule has 0 aliphatic heterocycles. The van der Waals surface area contributed by atoms with Crippen molar-refractivity contribution >= 4 is 40.6 Å². The maximum absolute atomic E-state index is 14.1. The Balaban J connectivity index is 1.75. The third-order valence-corrected chi connectivity index (χ3v) is 9.00. The molecule has 0 aromatic heterocycles. The van der Waals surface area contributed by atoms with E-state index in [2.05, 4.69) is 0 Å². The highest BCUT2D eigenvalue weighted by Gasteiger charge is 2.64. The number of primary amides is 1. The van der Waals surface area contributed by atoms with Crippen LogP contribution in [0.3, 0.4) is 0 Å². The summed E-state index contributed by atoms with van der Waals surface area (Å²) >= 11 is 5.67. The van der Waals surface area contributed by atoms with Gasteiger partial charge in [-0.25, -0.2) is 0 Å². The first kappa shape index (κ1) is 29.5. The summed E-state index contributed by atoms with van der Waals surface area (Å²) < 4.78 is 0. The van der Waals surface area contributed by atoms with Gasteiger partial charge in [0.1, 0.15) is 28.6 Å². The van der Waals surface area contributed by atoms with Crippen molar-refractivity contribution in [3.05, 3.63) is 70.0 Å². The zero-order valence-electron chi connectivity index (χ0n) is 23.1. The smallest absolute Gasteiger partial charge is 0.255 e. The van der Waals surface area contributed by atoms with Crippen LogP contribution in [0.1, 0.15) is 29.5 Å². The molecule has 0 bridgehead atoms. The van der Waals surface area contributed by atoms with Gasteiger partial charge in [-0.3, -0.25) is 24.1 Å². The van der Waals surface area contributed by atoms with Crippen LogP contribution in [0.15, 0.2) is 53.3 Å². The summed E-state index contributed by atoms with van der Waals surface area (Å²) in [5.74, 6) is -7.49. The Bertz CT molecular complexity index is 1600. The number of ketones is 3. The lowest BCUT2D eigenvalue weighted by molar-refractivity contribution is -0.153. The number of nitrogens with two attached hydrogens (primary N) is 1. The van der Waals surface area contributed by atoms with Crippen LogP contribution in [0.5, 0.6) is 5.75 Å². The largest absolute Gasteiger partial charge is 0.508 e. The summed E-state index contributed by atoms with van der Waals surface area (Å²) in [6, 6.07) is 9.82. The van der Waals surface area contributed by atoms with Crippen LogP contribution in [-0.2, 0) is 32.0 Å². The fourth-order valence-corrected chi connectivity index (χ4v) is 6.91. The molecular formula is C31H31ClN2O8. The normalized spacial score (nSPS) is 25.3. The summed E-state index contributed by atoms with van der Waals surface area (Å²) in [6.07, 6.45) is 0.313. The minimum absolute atomic E-state index is 0.00721. The number of aliphatic hydroxyl groups is 3. The number of benzene rings is 2. The molecule has 3 aliphatic rings. The van der Waals surface area contributed by atoms with E-state index in [1.54, 1.807) is 20.2 Å². The first-order valence-corrected chi connectivity index (χ1v) is 14.0. The minimum Gasteiger partial charge on any atom is -0.508 e. The number of halogens is 1. The van der Waals surface area contributed by atoms with Gasteiger partial charge < -0.3 is 26.2 Å². The lowest BCUT2D eigenvalue weighted by Gasteiger charge is -2.50. The summed E-state index contributed by atoms with van der Waals surface area (Å²) in [5, 5.41) is 45.9. The van der Waals surface area contributed by atoms with E-state index >= 15 is 0 Å². The average molecular weight is 595 g/mol. The van der Waals surface area contributed by atoms with Gasteiger partial charge in [-0.2, -0.15) is 0 Å². The number of rotatable bonds is 7. The Kier molecular flexibility index (Phi) is 7.51. The number of fused-ring (bicyclic) bond motifs is 3. The van der Waals surface area contributed by atoms with Gasteiger partial charge in [-0.05, 0) is 67.6 Å². The summed E-state index contributed by atoms with van der Waals surface area (Å²) in [6.45, 7) is 0. The van der Waals surface area contributed by atoms with Crippen molar-refractivity contribution < 1.29 is 39.6 Å². The number of phenols is 1. The molecule has 4 atom stereocenters. The topological polar surface area (TPSA) is 178 Å². The lowest BCUT2D eigenvalue weighted by Crippen LogP contribution is -2.65.